The van der Waals surface area contributed by atoms with E-state index in [1.54, 1.807) is 11.8 Å². The number of carbonyl (C=O) groups excluding carboxylic acids is 1. The number of hydrogen-bond donors (Lipinski definition) is 1. The number of nitrogens with zero attached hydrogens (tertiary/aromatic N) is 2. The molecule has 0 fully saturated rings. The zero-order valence-corrected chi connectivity index (χ0v) is 16.5. The Kier molecular flexibility index (Phi) is 6.41. The van der Waals surface area contributed by atoms with Crippen molar-refractivity contribution in [3.8, 4) is 5.75 Å². The van der Waals surface area contributed by atoms with Crippen LogP contribution < -0.4 is 10.1 Å². The molecule has 3 rings (SSSR count). The average molecular weight is 404 g/mol. The fraction of sp³-hybridized carbons (Fsp3) is 0.211. The molecule has 0 unspecified atom stereocenters. The fourth-order valence-corrected chi connectivity index (χ4v) is 3.97. The van der Waals surface area contributed by atoms with Gasteiger partial charge in [0.05, 0.1) is 13.7 Å². The van der Waals surface area contributed by atoms with Crippen molar-refractivity contribution in [2.24, 2.45) is 0 Å². The first-order valence-corrected chi connectivity index (χ1v) is 9.98. The van der Waals surface area contributed by atoms with Crippen molar-refractivity contribution in [1.29, 1.82) is 0 Å². The van der Waals surface area contributed by atoms with Crippen LogP contribution in [0.15, 0.2) is 46.8 Å². The van der Waals surface area contributed by atoms with Crippen molar-refractivity contribution < 1.29 is 13.9 Å². The van der Waals surface area contributed by atoms with Crippen LogP contribution in [0.5, 0.6) is 5.75 Å². The lowest BCUT2D eigenvalue weighted by atomic mass is 10.1. The molecule has 2 aromatic carbocycles. The van der Waals surface area contributed by atoms with E-state index in [1.165, 1.54) is 47.8 Å². The van der Waals surface area contributed by atoms with E-state index in [0.29, 0.717) is 5.13 Å². The highest BCUT2D eigenvalue weighted by molar-refractivity contribution is 8.00. The van der Waals surface area contributed by atoms with Gasteiger partial charge in [0.25, 0.3) is 0 Å². The van der Waals surface area contributed by atoms with Crippen molar-refractivity contribution in [2.75, 3.05) is 19.0 Å². The Morgan fingerprint density at radius 2 is 2.00 bits per heavy atom. The van der Waals surface area contributed by atoms with E-state index in [1.807, 2.05) is 0 Å². The molecule has 0 aliphatic rings. The minimum absolute atomic E-state index is 0.0169. The summed E-state index contributed by atoms with van der Waals surface area (Å²) >= 11 is 2.98. The topological polar surface area (TPSA) is 64.1 Å². The first-order chi connectivity index (χ1) is 13.0. The first kappa shape index (κ1) is 19.3. The first-order valence-electron chi connectivity index (χ1n) is 8.17. The molecule has 3 aromatic rings. The van der Waals surface area contributed by atoms with Crippen molar-refractivity contribution in [3.63, 3.8) is 0 Å². The number of anilines is 1. The molecule has 8 heteroatoms. The average Bonchev–Trinajstić information content (AvgIpc) is 3.13. The third-order valence-electron chi connectivity index (χ3n) is 3.76. The summed E-state index contributed by atoms with van der Waals surface area (Å²) in [6.45, 7) is 2.07. The second-order valence-electron chi connectivity index (χ2n) is 5.77. The molecule has 1 heterocycles. The highest BCUT2D eigenvalue weighted by Crippen LogP contribution is 2.28. The van der Waals surface area contributed by atoms with E-state index in [9.17, 15) is 9.18 Å². The van der Waals surface area contributed by atoms with E-state index < -0.39 is 5.82 Å². The van der Waals surface area contributed by atoms with Crippen LogP contribution >= 0.6 is 23.1 Å². The fourth-order valence-electron chi connectivity index (χ4n) is 2.27. The number of ether oxygens (including phenoxy) is 1. The van der Waals surface area contributed by atoms with Gasteiger partial charge in [-0.1, -0.05) is 52.9 Å². The van der Waals surface area contributed by atoms with Gasteiger partial charge < -0.3 is 10.1 Å². The molecule has 0 spiro atoms. The summed E-state index contributed by atoms with van der Waals surface area (Å²) in [5.41, 5.74) is 2.72. The number of benzene rings is 2. The van der Waals surface area contributed by atoms with Gasteiger partial charge in [-0.25, -0.2) is 4.39 Å². The Hall–Kier alpha value is -2.45. The molecule has 1 N–H and O–H groups in total. The maximum absolute atomic E-state index is 13.7. The normalized spacial score (nSPS) is 10.6. The lowest BCUT2D eigenvalue weighted by molar-refractivity contribution is 0.101. The largest absolute Gasteiger partial charge is 0.494 e. The lowest BCUT2D eigenvalue weighted by Gasteiger charge is -2.05. The van der Waals surface area contributed by atoms with E-state index in [-0.39, 0.29) is 23.6 Å². The number of methoxy groups -OCH3 is 1. The molecule has 0 aliphatic heterocycles. The van der Waals surface area contributed by atoms with Crippen molar-refractivity contribution in [2.45, 2.75) is 17.0 Å². The third-order valence-corrected chi connectivity index (χ3v) is 5.85. The quantitative estimate of drug-likeness (QED) is 0.439. The number of carbonyl (C=O) groups is 1. The Balaban J connectivity index is 1.52. The predicted octanol–water partition coefficient (Wildman–Crippen LogP) is 4.58. The lowest BCUT2D eigenvalue weighted by Crippen LogP contribution is -2.14. The predicted molar refractivity (Wildman–Crippen MR) is 106 cm³/mol. The number of aryl methyl sites for hydroxylation is 1. The highest BCUT2D eigenvalue weighted by Gasteiger charge is 2.12. The molecule has 0 saturated carbocycles. The zero-order valence-electron chi connectivity index (χ0n) is 14.9. The number of rotatable bonds is 8. The molecule has 0 atom stereocenters. The smallest absolute Gasteiger partial charge is 0.206 e. The second-order valence-corrected chi connectivity index (χ2v) is 7.97. The van der Waals surface area contributed by atoms with Gasteiger partial charge in [-0.05, 0) is 30.7 Å². The SMILES string of the molecule is COc1ccc(C(=O)CNc2nnc(SCc3ccc(C)cc3)s2)cc1F. The van der Waals surface area contributed by atoms with Crippen LogP contribution in [-0.4, -0.2) is 29.6 Å². The van der Waals surface area contributed by atoms with Gasteiger partial charge in [0.1, 0.15) is 0 Å². The van der Waals surface area contributed by atoms with Gasteiger partial charge in [-0.15, -0.1) is 10.2 Å². The summed E-state index contributed by atoms with van der Waals surface area (Å²) < 4.78 is 19.4. The Morgan fingerprint density at radius 1 is 1.22 bits per heavy atom. The number of nitrogens with one attached hydrogen (secondary N) is 1. The molecule has 5 nitrogen and oxygen atoms in total. The van der Waals surface area contributed by atoms with Crippen LogP contribution in [0.4, 0.5) is 9.52 Å². The minimum atomic E-state index is -0.561. The molecule has 140 valence electrons. The van der Waals surface area contributed by atoms with E-state index in [0.717, 1.165) is 10.1 Å². The summed E-state index contributed by atoms with van der Waals surface area (Å²) in [6, 6.07) is 12.5. The maximum Gasteiger partial charge on any atom is 0.206 e. The summed E-state index contributed by atoms with van der Waals surface area (Å²) in [6.07, 6.45) is 0. The number of ketones is 1. The molecule has 0 saturated heterocycles. The van der Waals surface area contributed by atoms with Gasteiger partial charge in [-0.3, -0.25) is 4.79 Å². The van der Waals surface area contributed by atoms with Crippen molar-refractivity contribution in [3.05, 3.63) is 65.0 Å². The molecular formula is C19H18FN3O2S2. The molecule has 0 bridgehead atoms. The van der Waals surface area contributed by atoms with E-state index >= 15 is 0 Å². The standard InChI is InChI=1S/C19H18FN3O2S2/c1-12-3-5-13(6-4-12)11-26-19-23-22-18(27-19)21-10-16(24)14-7-8-17(25-2)15(20)9-14/h3-9H,10-11H2,1-2H3,(H,21,22). The van der Waals surface area contributed by atoms with Gasteiger partial charge >= 0.3 is 0 Å². The molecule has 0 amide bonds. The number of Topliss-reactive ketones (excluding diaryl/α,β-unsaturated/α-hetero) is 1. The van der Waals surface area contributed by atoms with Gasteiger partial charge in [-0.2, -0.15) is 0 Å². The van der Waals surface area contributed by atoms with Crippen LogP contribution in [0.1, 0.15) is 21.5 Å². The van der Waals surface area contributed by atoms with Gasteiger partial charge in [0, 0.05) is 11.3 Å². The van der Waals surface area contributed by atoms with E-state index in [4.69, 9.17) is 4.74 Å². The van der Waals surface area contributed by atoms with Crippen LogP contribution in [0.2, 0.25) is 0 Å². The number of aromatic nitrogens is 2. The van der Waals surface area contributed by atoms with E-state index in [2.05, 4.69) is 46.7 Å². The van der Waals surface area contributed by atoms with Crippen LogP contribution in [0, 0.1) is 12.7 Å². The maximum atomic E-state index is 13.7. The minimum Gasteiger partial charge on any atom is -0.494 e. The summed E-state index contributed by atoms with van der Waals surface area (Å²) in [5, 5.41) is 11.7. The monoisotopic (exact) mass is 403 g/mol. The molecular weight excluding hydrogens is 385 g/mol. The molecule has 27 heavy (non-hydrogen) atoms. The Morgan fingerprint density at radius 3 is 2.70 bits per heavy atom. The van der Waals surface area contributed by atoms with Crippen LogP contribution in [0.25, 0.3) is 0 Å². The number of halogens is 1. The number of hydrogen-bond acceptors (Lipinski definition) is 7. The van der Waals surface area contributed by atoms with Gasteiger partial charge in [0.2, 0.25) is 5.13 Å². The number of thioether (sulfide) groups is 1. The summed E-state index contributed by atoms with van der Waals surface area (Å²) in [7, 11) is 1.38. The Labute approximate surface area is 165 Å². The summed E-state index contributed by atoms with van der Waals surface area (Å²) in [4.78, 5) is 12.2. The highest BCUT2D eigenvalue weighted by atomic mass is 32.2. The third kappa shape index (κ3) is 5.27. The molecule has 0 aliphatic carbocycles. The zero-order chi connectivity index (χ0) is 19.2. The van der Waals surface area contributed by atoms with Gasteiger partial charge in [0.15, 0.2) is 21.7 Å². The van der Waals surface area contributed by atoms with Crippen LogP contribution in [0.3, 0.4) is 0 Å². The van der Waals surface area contributed by atoms with Crippen molar-refractivity contribution in [1.82, 2.24) is 10.2 Å². The van der Waals surface area contributed by atoms with Crippen molar-refractivity contribution >= 4 is 34.0 Å². The molecule has 0 radical (unpaired) electrons. The van der Waals surface area contributed by atoms with Crippen LogP contribution in [-0.2, 0) is 5.75 Å². The second kappa shape index (κ2) is 8.96. The molecule has 1 aromatic heterocycles. The summed E-state index contributed by atoms with van der Waals surface area (Å²) in [5.74, 6) is 0.118. The Bertz CT molecular complexity index is 929.